The number of ether oxygens (including phenoxy) is 2. The van der Waals surface area contributed by atoms with E-state index in [-0.39, 0.29) is 31.0 Å². The highest BCUT2D eigenvalue weighted by atomic mass is 16.5. The molecular formula is C30H32N2O5. The molecule has 0 aromatic heterocycles. The lowest BCUT2D eigenvalue weighted by molar-refractivity contribution is -0.141. The average Bonchev–Trinajstić information content (AvgIpc) is 3.07. The zero-order valence-corrected chi connectivity index (χ0v) is 21.0. The summed E-state index contributed by atoms with van der Waals surface area (Å²) < 4.78 is 11.5. The lowest BCUT2D eigenvalue weighted by Gasteiger charge is -2.43. The summed E-state index contributed by atoms with van der Waals surface area (Å²) in [5, 5.41) is 3.10. The topological polar surface area (TPSA) is 84.9 Å². The Labute approximate surface area is 217 Å². The second-order valence-electron chi connectivity index (χ2n) is 8.99. The van der Waals surface area contributed by atoms with Gasteiger partial charge in [0.15, 0.2) is 0 Å². The van der Waals surface area contributed by atoms with E-state index in [1.54, 1.807) is 41.3 Å². The monoisotopic (exact) mass is 500 g/mol. The Balaban J connectivity index is 1.72. The predicted molar refractivity (Wildman–Crippen MR) is 141 cm³/mol. The van der Waals surface area contributed by atoms with E-state index in [1.165, 1.54) is 6.92 Å². The van der Waals surface area contributed by atoms with E-state index in [9.17, 15) is 14.4 Å². The first kappa shape index (κ1) is 26.1. The molecule has 0 aliphatic carbocycles. The van der Waals surface area contributed by atoms with E-state index in [1.807, 2.05) is 48.5 Å². The van der Waals surface area contributed by atoms with Crippen LogP contribution >= 0.6 is 0 Å². The molecule has 7 nitrogen and oxygen atoms in total. The van der Waals surface area contributed by atoms with Crippen LogP contribution in [0, 0.1) is 0 Å². The van der Waals surface area contributed by atoms with Crippen LogP contribution in [0.5, 0.6) is 0 Å². The molecule has 0 spiro atoms. The molecule has 1 atom stereocenters. The van der Waals surface area contributed by atoms with Gasteiger partial charge >= 0.3 is 5.97 Å². The minimum absolute atomic E-state index is 0.261. The number of hydrogen-bond donors (Lipinski definition) is 1. The van der Waals surface area contributed by atoms with Crippen molar-refractivity contribution < 1.29 is 23.9 Å². The van der Waals surface area contributed by atoms with Crippen LogP contribution < -0.4 is 10.2 Å². The number of carbonyl (C=O) groups excluding carboxylic acids is 3. The van der Waals surface area contributed by atoms with Crippen LogP contribution in [0.2, 0.25) is 0 Å². The molecule has 7 heteroatoms. The first-order valence-corrected chi connectivity index (χ1v) is 12.6. The van der Waals surface area contributed by atoms with E-state index in [0.717, 1.165) is 12.0 Å². The normalized spacial score (nSPS) is 16.8. The van der Waals surface area contributed by atoms with Gasteiger partial charge in [-0.05, 0) is 61.6 Å². The van der Waals surface area contributed by atoms with Gasteiger partial charge in [0.2, 0.25) is 5.85 Å². The lowest BCUT2D eigenvalue weighted by Crippen LogP contribution is -2.64. The zero-order valence-electron chi connectivity index (χ0n) is 21.0. The summed E-state index contributed by atoms with van der Waals surface area (Å²) in [6.07, 6.45) is 3.05. The number of rotatable bonds is 9. The van der Waals surface area contributed by atoms with Gasteiger partial charge in [0, 0.05) is 24.5 Å². The Morgan fingerprint density at radius 2 is 1.46 bits per heavy atom. The van der Waals surface area contributed by atoms with Crippen LogP contribution in [0.3, 0.4) is 0 Å². The predicted octanol–water partition coefficient (Wildman–Crippen LogP) is 5.11. The highest BCUT2D eigenvalue weighted by Gasteiger charge is 2.45. The molecule has 3 aromatic carbocycles. The molecule has 3 aromatic rings. The Bertz CT molecular complexity index is 1210. The second kappa shape index (κ2) is 12.3. The number of aryl methyl sites for hydroxylation is 1. The van der Waals surface area contributed by atoms with E-state index in [0.29, 0.717) is 42.5 Å². The third-order valence-electron chi connectivity index (χ3n) is 6.31. The third-order valence-corrected chi connectivity index (χ3v) is 6.31. The summed E-state index contributed by atoms with van der Waals surface area (Å²) in [7, 11) is 0. The van der Waals surface area contributed by atoms with Crippen LogP contribution in [0.1, 0.15) is 58.9 Å². The Kier molecular flexibility index (Phi) is 8.69. The third kappa shape index (κ3) is 6.43. The first-order valence-electron chi connectivity index (χ1n) is 12.6. The molecule has 1 unspecified atom stereocenters. The van der Waals surface area contributed by atoms with Crippen molar-refractivity contribution in [2.24, 2.45) is 0 Å². The molecule has 1 aliphatic rings. The van der Waals surface area contributed by atoms with Gasteiger partial charge in [-0.25, -0.2) is 0 Å². The van der Waals surface area contributed by atoms with E-state index >= 15 is 0 Å². The maximum Gasteiger partial charge on any atom is 0.302 e. The van der Waals surface area contributed by atoms with Gasteiger partial charge in [0.1, 0.15) is 0 Å². The number of hydrogen-bond acceptors (Lipinski definition) is 5. The summed E-state index contributed by atoms with van der Waals surface area (Å²) in [5.74, 6) is -2.32. The molecule has 2 amide bonds. The first-order chi connectivity index (χ1) is 18.0. The molecule has 0 saturated carbocycles. The SMILES string of the molecule is CC(=O)OCCCCOC1(NC(=O)c2ccccc2)CCCc2ccccc2N1C(=O)c1ccccc1. The fraction of sp³-hybridized carbons (Fsp3) is 0.300. The van der Waals surface area contributed by atoms with Crippen LogP contribution in [-0.2, 0) is 20.7 Å². The summed E-state index contributed by atoms with van der Waals surface area (Å²) in [4.78, 5) is 40.3. The largest absolute Gasteiger partial charge is 0.466 e. The van der Waals surface area contributed by atoms with Gasteiger partial charge in [0.05, 0.1) is 18.9 Å². The van der Waals surface area contributed by atoms with Crippen LogP contribution in [0.4, 0.5) is 5.69 Å². The highest BCUT2D eigenvalue weighted by Crippen LogP contribution is 2.37. The average molecular weight is 501 g/mol. The maximum absolute atomic E-state index is 14.1. The minimum Gasteiger partial charge on any atom is -0.466 e. The van der Waals surface area contributed by atoms with Crippen molar-refractivity contribution in [2.45, 2.75) is 44.9 Å². The number of benzene rings is 3. The summed E-state index contributed by atoms with van der Waals surface area (Å²) in [6.45, 7) is 1.93. The Hall–Kier alpha value is -3.97. The van der Waals surface area contributed by atoms with Crippen molar-refractivity contribution in [3.63, 3.8) is 0 Å². The van der Waals surface area contributed by atoms with Crippen molar-refractivity contribution >= 4 is 23.5 Å². The number of amides is 2. The molecule has 1 heterocycles. The van der Waals surface area contributed by atoms with Gasteiger partial charge < -0.3 is 14.8 Å². The summed E-state index contributed by atoms with van der Waals surface area (Å²) >= 11 is 0. The van der Waals surface area contributed by atoms with Crippen LogP contribution in [-0.4, -0.2) is 36.8 Å². The Morgan fingerprint density at radius 3 is 2.16 bits per heavy atom. The van der Waals surface area contributed by atoms with Crippen molar-refractivity contribution in [1.29, 1.82) is 0 Å². The van der Waals surface area contributed by atoms with Crippen LogP contribution in [0.15, 0.2) is 84.9 Å². The van der Waals surface area contributed by atoms with Gasteiger partial charge in [-0.15, -0.1) is 0 Å². The molecule has 0 radical (unpaired) electrons. The minimum atomic E-state index is -1.41. The fourth-order valence-corrected chi connectivity index (χ4v) is 4.54. The number of esters is 1. The molecule has 0 fully saturated rings. The lowest BCUT2D eigenvalue weighted by atomic mass is 10.1. The van der Waals surface area contributed by atoms with Gasteiger partial charge in [-0.2, -0.15) is 0 Å². The number of anilines is 1. The molecule has 0 saturated heterocycles. The Morgan fingerprint density at radius 1 is 0.838 bits per heavy atom. The number of fused-ring (bicyclic) bond motifs is 1. The van der Waals surface area contributed by atoms with Gasteiger partial charge in [-0.1, -0.05) is 54.6 Å². The molecular weight excluding hydrogens is 468 g/mol. The van der Waals surface area contributed by atoms with Gasteiger partial charge in [-0.3, -0.25) is 19.3 Å². The standard InChI is InChI=1S/C30H32N2O5/c1-23(33)36-21-10-11-22-37-30(31-28(34)25-14-4-2-5-15-25)20-12-18-24-13-8-9-19-27(24)32(30)29(35)26-16-6-3-7-17-26/h2-9,13-17,19H,10-12,18,20-22H2,1H3,(H,31,34). The highest BCUT2D eigenvalue weighted by molar-refractivity contribution is 6.08. The number of para-hydroxylation sites is 1. The summed E-state index contributed by atoms with van der Waals surface area (Å²) in [6, 6.07) is 25.7. The second-order valence-corrected chi connectivity index (χ2v) is 8.99. The van der Waals surface area contributed by atoms with Crippen molar-refractivity contribution in [3.05, 3.63) is 102 Å². The molecule has 192 valence electrons. The quantitative estimate of drug-likeness (QED) is 0.251. The maximum atomic E-state index is 14.1. The number of carbonyl (C=O) groups is 3. The smallest absolute Gasteiger partial charge is 0.302 e. The fourth-order valence-electron chi connectivity index (χ4n) is 4.54. The van der Waals surface area contributed by atoms with Crippen molar-refractivity contribution in [3.8, 4) is 0 Å². The molecule has 0 bridgehead atoms. The van der Waals surface area contributed by atoms with Crippen LogP contribution in [0.25, 0.3) is 0 Å². The molecule has 4 rings (SSSR count). The van der Waals surface area contributed by atoms with Crippen molar-refractivity contribution in [2.75, 3.05) is 18.1 Å². The van der Waals surface area contributed by atoms with Gasteiger partial charge in [0.25, 0.3) is 11.8 Å². The number of nitrogens with one attached hydrogen (secondary N) is 1. The zero-order chi connectivity index (χ0) is 26.1. The molecule has 1 N–H and O–H groups in total. The van der Waals surface area contributed by atoms with E-state index in [4.69, 9.17) is 9.47 Å². The van der Waals surface area contributed by atoms with Crippen molar-refractivity contribution in [1.82, 2.24) is 5.32 Å². The number of nitrogens with zero attached hydrogens (tertiary/aromatic N) is 1. The molecule has 1 aliphatic heterocycles. The van der Waals surface area contributed by atoms with E-state index in [2.05, 4.69) is 5.32 Å². The molecule has 37 heavy (non-hydrogen) atoms. The summed E-state index contributed by atoms with van der Waals surface area (Å²) in [5.41, 5.74) is 2.70. The number of unbranched alkanes of at least 4 members (excludes halogenated alkanes) is 1. The van der Waals surface area contributed by atoms with E-state index < -0.39 is 5.85 Å².